The molecule has 8 heteroatoms. The summed E-state index contributed by atoms with van der Waals surface area (Å²) in [7, 11) is -3.75. The fraction of sp³-hybridized carbons (Fsp3) is 0.345. The number of aryl methyl sites for hydroxylation is 1. The molecule has 1 aliphatic heterocycles. The number of fused-ring (bicyclic) bond motifs is 3. The maximum absolute atomic E-state index is 13.1. The van der Waals surface area contributed by atoms with E-state index >= 15 is 0 Å². The van der Waals surface area contributed by atoms with Gasteiger partial charge in [-0.1, -0.05) is 35.9 Å². The lowest BCUT2D eigenvalue weighted by atomic mass is 9.80. The summed E-state index contributed by atoms with van der Waals surface area (Å²) in [6.45, 7) is 11.0. The summed E-state index contributed by atoms with van der Waals surface area (Å²) in [6, 6.07) is 12.7. The van der Waals surface area contributed by atoms with E-state index < -0.39 is 27.7 Å². The van der Waals surface area contributed by atoms with E-state index in [2.05, 4.69) is 0 Å². The number of nitrogens with zero attached hydrogens (tertiary/aromatic N) is 1. The van der Waals surface area contributed by atoms with E-state index in [1.54, 1.807) is 45.9 Å². The van der Waals surface area contributed by atoms with E-state index in [0.29, 0.717) is 33.5 Å². The van der Waals surface area contributed by atoms with E-state index in [9.17, 15) is 23.4 Å². The molecule has 2 N–H and O–H groups in total. The average molecular weight is 524 g/mol. The summed E-state index contributed by atoms with van der Waals surface area (Å²) < 4.78 is 33.5. The Kier molecular flexibility index (Phi) is 6.63. The molecule has 1 heterocycles. The standard InChI is InChI=1S/C29H33NO6S/c1-16-8-10-19(11-9-16)23-17(2)24-22-13-12-21(31)14-20(22)15-30(37(7,34)35)26(24)18(3)25(23)27(28(32)33)36-29(4,5)6/h8-14,27,31H,15H2,1-7H3,(H,32,33)/t27-/m0/s1. The molecule has 196 valence electrons. The van der Waals surface area contributed by atoms with Crippen molar-refractivity contribution < 1.29 is 28.2 Å². The SMILES string of the molecule is Cc1ccc(-c2c(C)c3c(c(C)c2[C@H](OC(C)(C)C)C(=O)O)N(S(C)(=O)=O)Cc2cc(O)ccc2-3)cc1. The van der Waals surface area contributed by atoms with Crippen molar-refractivity contribution in [2.24, 2.45) is 0 Å². The van der Waals surface area contributed by atoms with E-state index in [4.69, 9.17) is 4.74 Å². The molecule has 1 aliphatic rings. The van der Waals surface area contributed by atoms with Crippen LogP contribution in [0.1, 0.15) is 54.7 Å². The molecular formula is C29H33NO6S. The Labute approximate surface area is 218 Å². The largest absolute Gasteiger partial charge is 0.508 e. The molecule has 0 fully saturated rings. The fourth-order valence-corrected chi connectivity index (χ4v) is 6.06. The van der Waals surface area contributed by atoms with Gasteiger partial charge in [-0.3, -0.25) is 4.31 Å². The third-order valence-corrected chi connectivity index (χ3v) is 7.75. The maximum atomic E-state index is 13.1. The number of aromatic hydroxyl groups is 1. The summed E-state index contributed by atoms with van der Waals surface area (Å²) >= 11 is 0. The molecule has 4 rings (SSSR count). The van der Waals surface area contributed by atoms with Gasteiger partial charge in [-0.25, -0.2) is 13.2 Å². The second-order valence-corrected chi connectivity index (χ2v) is 12.6. The number of anilines is 1. The number of rotatable bonds is 5. The van der Waals surface area contributed by atoms with Gasteiger partial charge in [-0.2, -0.15) is 0 Å². The van der Waals surface area contributed by atoms with Crippen LogP contribution in [0.25, 0.3) is 22.3 Å². The Balaban J connectivity index is 2.21. The number of carboxylic acids is 1. The predicted octanol–water partition coefficient (Wildman–Crippen LogP) is 5.87. The zero-order valence-electron chi connectivity index (χ0n) is 22.2. The number of aliphatic carboxylic acids is 1. The molecule has 0 saturated carbocycles. The van der Waals surface area contributed by atoms with Gasteiger partial charge in [-0.05, 0) is 87.1 Å². The van der Waals surface area contributed by atoms with Crippen molar-refractivity contribution in [3.05, 3.63) is 70.3 Å². The molecule has 37 heavy (non-hydrogen) atoms. The molecule has 0 amide bonds. The Morgan fingerprint density at radius 2 is 1.62 bits per heavy atom. The van der Waals surface area contributed by atoms with Crippen molar-refractivity contribution >= 4 is 21.7 Å². The van der Waals surface area contributed by atoms with E-state index in [1.165, 1.54) is 4.31 Å². The van der Waals surface area contributed by atoms with Gasteiger partial charge in [0, 0.05) is 11.1 Å². The van der Waals surface area contributed by atoms with E-state index in [-0.39, 0.29) is 12.3 Å². The molecule has 0 bridgehead atoms. The minimum atomic E-state index is -3.75. The first kappa shape index (κ1) is 26.7. The van der Waals surface area contributed by atoms with Gasteiger partial charge in [0.1, 0.15) is 5.75 Å². The highest BCUT2D eigenvalue weighted by atomic mass is 32.2. The quantitative estimate of drug-likeness (QED) is 0.433. The molecular weight excluding hydrogens is 490 g/mol. The number of carboxylic acid groups (broad SMARTS) is 1. The first-order chi connectivity index (χ1) is 17.1. The highest BCUT2D eigenvalue weighted by Crippen LogP contribution is 2.51. The van der Waals surface area contributed by atoms with Crippen LogP contribution in [0, 0.1) is 20.8 Å². The smallest absolute Gasteiger partial charge is 0.337 e. The molecule has 7 nitrogen and oxygen atoms in total. The topological polar surface area (TPSA) is 104 Å². The third kappa shape index (κ3) is 4.95. The summed E-state index contributed by atoms with van der Waals surface area (Å²) in [5, 5.41) is 20.5. The molecule has 0 saturated heterocycles. The van der Waals surface area contributed by atoms with Crippen LogP contribution < -0.4 is 4.31 Å². The minimum Gasteiger partial charge on any atom is -0.508 e. The maximum Gasteiger partial charge on any atom is 0.337 e. The molecule has 0 radical (unpaired) electrons. The lowest BCUT2D eigenvalue weighted by Crippen LogP contribution is -2.34. The van der Waals surface area contributed by atoms with Gasteiger partial charge in [0.15, 0.2) is 6.10 Å². The van der Waals surface area contributed by atoms with Crippen LogP contribution in [0.3, 0.4) is 0 Å². The summed E-state index contributed by atoms with van der Waals surface area (Å²) in [5.41, 5.74) is 6.09. The molecule has 0 spiro atoms. The van der Waals surface area contributed by atoms with Gasteiger partial charge in [0.25, 0.3) is 0 Å². The second kappa shape index (κ2) is 9.19. The highest BCUT2D eigenvalue weighted by molar-refractivity contribution is 7.92. The number of phenols is 1. The van der Waals surface area contributed by atoms with Crippen LogP contribution in [0.5, 0.6) is 5.75 Å². The Hall–Kier alpha value is -3.36. The Morgan fingerprint density at radius 1 is 1.00 bits per heavy atom. The van der Waals surface area contributed by atoms with Gasteiger partial charge in [0.2, 0.25) is 10.0 Å². The van der Waals surface area contributed by atoms with Crippen LogP contribution >= 0.6 is 0 Å². The Bertz CT molecular complexity index is 1500. The highest BCUT2D eigenvalue weighted by Gasteiger charge is 2.38. The number of benzene rings is 3. The predicted molar refractivity (Wildman–Crippen MR) is 145 cm³/mol. The lowest BCUT2D eigenvalue weighted by Gasteiger charge is -2.37. The zero-order valence-corrected chi connectivity index (χ0v) is 23.0. The fourth-order valence-electron chi connectivity index (χ4n) is 5.13. The molecule has 0 unspecified atom stereocenters. The first-order valence-electron chi connectivity index (χ1n) is 12.0. The van der Waals surface area contributed by atoms with Gasteiger partial charge >= 0.3 is 5.97 Å². The van der Waals surface area contributed by atoms with Crippen molar-refractivity contribution in [3.8, 4) is 28.0 Å². The third-order valence-electron chi connectivity index (χ3n) is 6.64. The monoisotopic (exact) mass is 523 g/mol. The lowest BCUT2D eigenvalue weighted by molar-refractivity contribution is -0.160. The van der Waals surface area contributed by atoms with Gasteiger partial charge in [0.05, 0.1) is 24.1 Å². The van der Waals surface area contributed by atoms with Crippen molar-refractivity contribution in [3.63, 3.8) is 0 Å². The molecule has 3 aromatic carbocycles. The van der Waals surface area contributed by atoms with Crippen molar-refractivity contribution in [1.29, 1.82) is 0 Å². The van der Waals surface area contributed by atoms with Crippen LogP contribution in [-0.2, 0) is 26.1 Å². The molecule has 3 aromatic rings. The average Bonchev–Trinajstić information content (AvgIpc) is 2.78. The summed E-state index contributed by atoms with van der Waals surface area (Å²) in [5.74, 6) is -1.11. The van der Waals surface area contributed by atoms with Crippen LogP contribution in [0.2, 0.25) is 0 Å². The number of carbonyl (C=O) groups is 1. The van der Waals surface area contributed by atoms with Crippen LogP contribution in [0.15, 0.2) is 42.5 Å². The van der Waals surface area contributed by atoms with Crippen molar-refractivity contribution in [2.75, 3.05) is 10.6 Å². The van der Waals surface area contributed by atoms with E-state index in [1.807, 2.05) is 38.1 Å². The molecule has 0 aromatic heterocycles. The number of phenolic OH excluding ortho intramolecular Hbond substituents is 1. The van der Waals surface area contributed by atoms with Gasteiger partial charge < -0.3 is 14.9 Å². The zero-order chi connectivity index (χ0) is 27.4. The molecule has 0 aliphatic carbocycles. The number of hydrogen-bond acceptors (Lipinski definition) is 5. The minimum absolute atomic E-state index is 0.0248. The van der Waals surface area contributed by atoms with Crippen molar-refractivity contribution in [2.45, 2.75) is 59.8 Å². The number of sulfonamides is 1. The van der Waals surface area contributed by atoms with Crippen LogP contribution in [-0.4, -0.2) is 36.5 Å². The van der Waals surface area contributed by atoms with Gasteiger partial charge in [-0.15, -0.1) is 0 Å². The van der Waals surface area contributed by atoms with Crippen LogP contribution in [0.4, 0.5) is 5.69 Å². The summed E-state index contributed by atoms with van der Waals surface area (Å²) in [6.07, 6.45) is -0.198. The summed E-state index contributed by atoms with van der Waals surface area (Å²) in [4.78, 5) is 12.7. The number of hydrogen-bond donors (Lipinski definition) is 2. The van der Waals surface area contributed by atoms with Crippen molar-refractivity contribution in [1.82, 2.24) is 0 Å². The molecule has 1 atom stereocenters. The normalized spacial score (nSPS) is 14.2. The van der Waals surface area contributed by atoms with E-state index in [0.717, 1.165) is 28.5 Å². The number of ether oxygens (including phenoxy) is 1. The Morgan fingerprint density at radius 3 is 2.16 bits per heavy atom. The second-order valence-electron chi connectivity index (χ2n) is 10.7. The first-order valence-corrected chi connectivity index (χ1v) is 13.9.